The Bertz CT molecular complexity index is 754. The van der Waals surface area contributed by atoms with Crippen LogP contribution in [-0.2, 0) is 4.74 Å². The maximum Gasteiger partial charge on any atom is 0.269 e. The van der Waals surface area contributed by atoms with Crippen molar-refractivity contribution in [3.8, 4) is 0 Å². The zero-order valence-electron chi connectivity index (χ0n) is 13.0. The van der Waals surface area contributed by atoms with E-state index >= 15 is 0 Å². The van der Waals surface area contributed by atoms with E-state index in [-0.39, 0.29) is 22.8 Å². The van der Waals surface area contributed by atoms with Crippen molar-refractivity contribution in [1.82, 2.24) is 0 Å². The van der Waals surface area contributed by atoms with Crippen molar-refractivity contribution in [1.29, 1.82) is 0 Å². The molecule has 120 valence electrons. The van der Waals surface area contributed by atoms with Gasteiger partial charge in [0.2, 0.25) is 0 Å². The number of aryl methyl sites for hydroxylation is 1. The monoisotopic (exact) mass is 329 g/mol. The fraction of sp³-hybridized carbons (Fsp3) is 0.444. The van der Waals surface area contributed by atoms with E-state index in [0.717, 1.165) is 12.0 Å². The summed E-state index contributed by atoms with van der Waals surface area (Å²) in [4.78, 5) is 13.5. The molecule has 1 aliphatic carbocycles. The van der Waals surface area contributed by atoms with E-state index in [9.17, 15) is 10.1 Å². The molecule has 4 nitrogen and oxygen atoms in total. The van der Waals surface area contributed by atoms with Crippen LogP contribution in [0.5, 0.6) is 0 Å². The van der Waals surface area contributed by atoms with E-state index in [1.54, 1.807) is 12.1 Å². The Labute approximate surface area is 139 Å². The molecule has 0 unspecified atom stereocenters. The number of non-ortho nitro benzene ring substituents is 1. The third kappa shape index (κ3) is 2.58. The number of benzene rings is 1. The molecule has 23 heavy (non-hydrogen) atoms. The second-order valence-electron chi connectivity index (χ2n) is 6.47. The Morgan fingerprint density at radius 2 is 2.09 bits per heavy atom. The highest BCUT2D eigenvalue weighted by molar-refractivity contribution is 7.12. The lowest BCUT2D eigenvalue weighted by atomic mass is 9.80. The summed E-state index contributed by atoms with van der Waals surface area (Å²) in [6, 6.07) is 9.09. The van der Waals surface area contributed by atoms with Crippen molar-refractivity contribution in [3.05, 3.63) is 61.3 Å². The first-order valence-electron chi connectivity index (χ1n) is 8.13. The summed E-state index contributed by atoms with van der Waals surface area (Å²) >= 11 is 1.87. The van der Waals surface area contributed by atoms with Crippen LogP contribution in [0.1, 0.15) is 58.6 Å². The van der Waals surface area contributed by atoms with Gasteiger partial charge in [-0.05, 0) is 37.0 Å². The Hall–Kier alpha value is -1.72. The molecule has 2 heterocycles. The molecule has 0 amide bonds. The second-order valence-corrected chi connectivity index (χ2v) is 7.76. The quantitative estimate of drug-likeness (QED) is 0.568. The highest BCUT2D eigenvalue weighted by Gasteiger charge is 2.39. The summed E-state index contributed by atoms with van der Waals surface area (Å²) in [6.45, 7) is 2.13. The van der Waals surface area contributed by atoms with Crippen LogP contribution in [0.15, 0.2) is 30.3 Å². The predicted molar refractivity (Wildman–Crippen MR) is 90.1 cm³/mol. The topological polar surface area (TPSA) is 52.4 Å². The smallest absolute Gasteiger partial charge is 0.269 e. The lowest BCUT2D eigenvalue weighted by molar-refractivity contribution is -0.385. The van der Waals surface area contributed by atoms with Crippen LogP contribution in [0.2, 0.25) is 0 Å². The highest BCUT2D eigenvalue weighted by atomic mass is 32.1. The summed E-state index contributed by atoms with van der Waals surface area (Å²) in [5.41, 5.74) is 2.24. The summed E-state index contributed by atoms with van der Waals surface area (Å²) in [7, 11) is 0. The van der Waals surface area contributed by atoms with Crippen LogP contribution < -0.4 is 0 Å². The minimum atomic E-state index is -0.338. The molecule has 1 aromatic heterocycles. The lowest BCUT2D eigenvalue weighted by Gasteiger charge is -2.39. The van der Waals surface area contributed by atoms with E-state index in [1.807, 2.05) is 17.4 Å². The Balaban J connectivity index is 1.79. The average Bonchev–Trinajstić information content (AvgIpc) is 2.96. The molecule has 5 heteroatoms. The van der Waals surface area contributed by atoms with Crippen LogP contribution in [0.4, 0.5) is 5.69 Å². The molecule has 0 radical (unpaired) electrons. The number of rotatable bonds is 2. The maximum absolute atomic E-state index is 11.1. The first-order chi connectivity index (χ1) is 11.1. The molecule has 0 bridgehead atoms. The first kappa shape index (κ1) is 14.8. The van der Waals surface area contributed by atoms with Crippen molar-refractivity contribution in [2.24, 2.45) is 0 Å². The minimum Gasteiger partial charge on any atom is -0.365 e. The first-order valence-corrected chi connectivity index (χ1v) is 8.95. The highest BCUT2D eigenvalue weighted by Crippen LogP contribution is 2.50. The van der Waals surface area contributed by atoms with E-state index in [0.29, 0.717) is 5.92 Å². The molecule has 2 aliphatic rings. The Kier molecular flexibility index (Phi) is 3.70. The predicted octanol–water partition coefficient (Wildman–Crippen LogP) is 5.11. The molecule has 3 atom stereocenters. The van der Waals surface area contributed by atoms with Crippen LogP contribution in [-0.4, -0.2) is 11.0 Å². The molecule has 1 saturated carbocycles. The second kappa shape index (κ2) is 5.73. The molecule has 0 N–H and O–H groups in total. The molecular formula is C18H19NO3S. The number of nitro benzene ring substituents is 1. The van der Waals surface area contributed by atoms with Crippen LogP contribution >= 0.6 is 11.3 Å². The van der Waals surface area contributed by atoms with Crippen molar-refractivity contribution in [3.63, 3.8) is 0 Å². The number of fused-ring (bicyclic) bond motifs is 3. The van der Waals surface area contributed by atoms with E-state index in [2.05, 4.69) is 13.0 Å². The number of hydrogen-bond acceptors (Lipinski definition) is 4. The third-order valence-electron chi connectivity index (χ3n) is 4.93. The molecule has 0 spiro atoms. The van der Waals surface area contributed by atoms with Gasteiger partial charge in [0.15, 0.2) is 0 Å². The van der Waals surface area contributed by atoms with Crippen molar-refractivity contribution in [2.75, 3.05) is 0 Å². The van der Waals surface area contributed by atoms with E-state index < -0.39 is 0 Å². The van der Waals surface area contributed by atoms with Crippen molar-refractivity contribution in [2.45, 2.75) is 50.7 Å². The normalized spacial score (nSPS) is 26.4. The number of ether oxygens (including phenoxy) is 1. The van der Waals surface area contributed by atoms with Gasteiger partial charge in [-0.1, -0.05) is 25.0 Å². The van der Waals surface area contributed by atoms with Gasteiger partial charge in [-0.3, -0.25) is 10.1 Å². The van der Waals surface area contributed by atoms with Gasteiger partial charge < -0.3 is 4.74 Å². The van der Waals surface area contributed by atoms with Crippen molar-refractivity contribution < 1.29 is 9.66 Å². The van der Waals surface area contributed by atoms with Gasteiger partial charge in [-0.2, -0.15) is 0 Å². The third-order valence-corrected chi connectivity index (χ3v) is 6.13. The van der Waals surface area contributed by atoms with Gasteiger partial charge in [-0.15, -0.1) is 11.3 Å². The SMILES string of the molecule is Cc1cc2c(s1)[C@H]1CCCC[C@@H]1O[C@H]2c1cccc([N+](=O)[O-])c1. The van der Waals surface area contributed by atoms with Gasteiger partial charge in [0.25, 0.3) is 5.69 Å². The summed E-state index contributed by atoms with van der Waals surface area (Å²) in [6.07, 6.45) is 4.84. The Morgan fingerprint density at radius 3 is 2.91 bits per heavy atom. The fourth-order valence-electron chi connectivity index (χ4n) is 3.91. The summed E-state index contributed by atoms with van der Waals surface area (Å²) < 4.78 is 6.44. The molecular weight excluding hydrogens is 310 g/mol. The molecule has 1 aliphatic heterocycles. The molecule has 2 aromatic rings. The zero-order chi connectivity index (χ0) is 16.0. The van der Waals surface area contributed by atoms with Gasteiger partial charge in [-0.25, -0.2) is 0 Å². The van der Waals surface area contributed by atoms with Crippen LogP contribution in [0.25, 0.3) is 0 Å². The number of nitrogens with zero attached hydrogens (tertiary/aromatic N) is 1. The van der Waals surface area contributed by atoms with Gasteiger partial charge in [0.1, 0.15) is 6.10 Å². The number of nitro groups is 1. The van der Waals surface area contributed by atoms with Crippen LogP contribution in [0.3, 0.4) is 0 Å². The van der Waals surface area contributed by atoms with Gasteiger partial charge >= 0.3 is 0 Å². The van der Waals surface area contributed by atoms with Crippen molar-refractivity contribution >= 4 is 17.0 Å². The fourth-order valence-corrected chi connectivity index (χ4v) is 5.15. The van der Waals surface area contributed by atoms with E-state index in [4.69, 9.17) is 4.74 Å². The molecule has 1 aromatic carbocycles. The van der Waals surface area contributed by atoms with E-state index in [1.165, 1.54) is 40.6 Å². The lowest BCUT2D eigenvalue weighted by Crippen LogP contribution is -2.32. The van der Waals surface area contributed by atoms with Gasteiger partial charge in [0, 0.05) is 27.8 Å². The number of thiophene rings is 1. The maximum atomic E-state index is 11.1. The summed E-state index contributed by atoms with van der Waals surface area (Å²) in [5, 5.41) is 11.1. The zero-order valence-corrected chi connectivity index (χ0v) is 13.8. The minimum absolute atomic E-state index is 0.130. The van der Waals surface area contributed by atoms with Gasteiger partial charge in [0.05, 0.1) is 11.0 Å². The standard InChI is InChI=1S/C18H19NO3S/c1-11-9-15-17(12-5-4-6-13(10-12)19(20)21)22-16-8-3-2-7-14(16)18(15)23-11/h4-6,9-10,14,16-17H,2-3,7-8H2,1H3/t14-,16-,17-/m0/s1. The molecule has 1 fully saturated rings. The number of hydrogen-bond donors (Lipinski definition) is 0. The Morgan fingerprint density at radius 1 is 1.26 bits per heavy atom. The molecule has 4 rings (SSSR count). The average molecular weight is 329 g/mol. The van der Waals surface area contributed by atoms with Crippen LogP contribution in [0, 0.1) is 17.0 Å². The largest absolute Gasteiger partial charge is 0.365 e. The molecule has 0 saturated heterocycles. The summed E-state index contributed by atoms with van der Waals surface area (Å²) in [5.74, 6) is 0.507.